The molecule has 0 amide bonds. The SMILES string of the molecule is COc1ccc(OC)c(C(=O)/C=C/c2cccc(OC(=O)c3cccc([N+](=O)[O-])c3)c2)c1. The molecule has 0 spiro atoms. The lowest BCUT2D eigenvalue weighted by Gasteiger charge is -2.08. The molecule has 0 fully saturated rings. The Hall–Kier alpha value is -4.46. The number of hydrogen-bond acceptors (Lipinski definition) is 7. The van der Waals surface area contributed by atoms with E-state index in [2.05, 4.69) is 0 Å². The molecule has 0 aliphatic carbocycles. The maximum Gasteiger partial charge on any atom is 0.343 e. The molecular weight excluding hydrogens is 414 g/mol. The zero-order chi connectivity index (χ0) is 23.1. The van der Waals surface area contributed by atoms with Crippen molar-refractivity contribution in [2.24, 2.45) is 0 Å². The van der Waals surface area contributed by atoms with Crippen LogP contribution in [0, 0.1) is 10.1 Å². The van der Waals surface area contributed by atoms with Crippen LogP contribution < -0.4 is 14.2 Å². The van der Waals surface area contributed by atoms with Gasteiger partial charge in [-0.05, 0) is 48.0 Å². The second kappa shape index (κ2) is 10.0. The monoisotopic (exact) mass is 433 g/mol. The molecule has 3 rings (SSSR count). The maximum atomic E-state index is 12.6. The van der Waals surface area contributed by atoms with Gasteiger partial charge in [0, 0.05) is 12.1 Å². The number of non-ortho nitro benzene ring substituents is 1. The fraction of sp³-hybridized carbons (Fsp3) is 0.0833. The summed E-state index contributed by atoms with van der Waals surface area (Å²) < 4.78 is 15.7. The van der Waals surface area contributed by atoms with Crippen molar-refractivity contribution in [2.45, 2.75) is 0 Å². The van der Waals surface area contributed by atoms with Crippen molar-refractivity contribution in [1.29, 1.82) is 0 Å². The molecule has 0 saturated carbocycles. The number of hydrogen-bond donors (Lipinski definition) is 0. The number of ether oxygens (including phenoxy) is 3. The van der Waals surface area contributed by atoms with Gasteiger partial charge in [-0.1, -0.05) is 24.3 Å². The second-order valence-electron chi connectivity index (χ2n) is 6.53. The van der Waals surface area contributed by atoms with Crippen molar-refractivity contribution in [1.82, 2.24) is 0 Å². The summed E-state index contributed by atoms with van der Waals surface area (Å²) in [6.07, 6.45) is 2.95. The molecule has 0 aromatic heterocycles. The van der Waals surface area contributed by atoms with E-state index in [0.717, 1.165) is 6.07 Å². The normalized spacial score (nSPS) is 10.6. The number of nitrogens with zero attached hydrogens (tertiary/aromatic N) is 1. The van der Waals surface area contributed by atoms with Crippen molar-refractivity contribution < 1.29 is 28.7 Å². The summed E-state index contributed by atoms with van der Waals surface area (Å²) in [7, 11) is 2.98. The Balaban J connectivity index is 1.76. The Morgan fingerprint density at radius 3 is 2.41 bits per heavy atom. The van der Waals surface area contributed by atoms with Crippen LogP contribution in [0.15, 0.2) is 72.8 Å². The van der Waals surface area contributed by atoms with Crippen LogP contribution in [-0.4, -0.2) is 30.9 Å². The van der Waals surface area contributed by atoms with E-state index in [-0.39, 0.29) is 22.8 Å². The molecule has 0 heterocycles. The molecule has 0 saturated heterocycles. The largest absolute Gasteiger partial charge is 0.497 e. The highest BCUT2D eigenvalue weighted by Gasteiger charge is 2.14. The van der Waals surface area contributed by atoms with E-state index in [9.17, 15) is 19.7 Å². The van der Waals surface area contributed by atoms with Crippen molar-refractivity contribution in [3.05, 3.63) is 99.6 Å². The van der Waals surface area contributed by atoms with E-state index < -0.39 is 10.9 Å². The first kappa shape index (κ1) is 22.2. The number of benzene rings is 3. The zero-order valence-corrected chi connectivity index (χ0v) is 17.3. The third-order valence-corrected chi connectivity index (χ3v) is 4.46. The molecule has 0 atom stereocenters. The van der Waals surface area contributed by atoms with E-state index in [1.807, 2.05) is 0 Å². The molecule has 0 aliphatic heterocycles. The minimum absolute atomic E-state index is 0.0560. The van der Waals surface area contributed by atoms with Gasteiger partial charge in [-0.3, -0.25) is 14.9 Å². The molecule has 0 bridgehead atoms. The third-order valence-electron chi connectivity index (χ3n) is 4.46. The third kappa shape index (κ3) is 5.37. The highest BCUT2D eigenvalue weighted by Crippen LogP contribution is 2.25. The maximum absolute atomic E-state index is 12.6. The first-order valence-corrected chi connectivity index (χ1v) is 9.42. The Bertz CT molecular complexity index is 1200. The number of methoxy groups -OCH3 is 2. The van der Waals surface area contributed by atoms with Crippen LogP contribution in [0.2, 0.25) is 0 Å². The Labute approximate surface area is 183 Å². The van der Waals surface area contributed by atoms with Gasteiger partial charge in [-0.2, -0.15) is 0 Å². The lowest BCUT2D eigenvalue weighted by Crippen LogP contribution is -2.08. The van der Waals surface area contributed by atoms with Crippen molar-refractivity contribution in [3.8, 4) is 17.2 Å². The highest BCUT2D eigenvalue weighted by atomic mass is 16.6. The lowest BCUT2D eigenvalue weighted by molar-refractivity contribution is -0.384. The molecule has 162 valence electrons. The number of ketones is 1. The van der Waals surface area contributed by atoms with Crippen LogP contribution in [0.4, 0.5) is 5.69 Å². The summed E-state index contributed by atoms with van der Waals surface area (Å²) in [5, 5.41) is 10.9. The highest BCUT2D eigenvalue weighted by molar-refractivity contribution is 6.09. The molecule has 8 heteroatoms. The molecule has 32 heavy (non-hydrogen) atoms. The minimum Gasteiger partial charge on any atom is -0.497 e. The van der Waals surface area contributed by atoms with Gasteiger partial charge in [-0.25, -0.2) is 4.79 Å². The number of esters is 1. The van der Waals surface area contributed by atoms with Crippen LogP contribution in [0.3, 0.4) is 0 Å². The van der Waals surface area contributed by atoms with Gasteiger partial charge in [0.15, 0.2) is 5.78 Å². The van der Waals surface area contributed by atoms with Crippen molar-refractivity contribution in [2.75, 3.05) is 14.2 Å². The first-order valence-electron chi connectivity index (χ1n) is 9.42. The summed E-state index contributed by atoms with van der Waals surface area (Å²) in [6, 6.07) is 16.7. The topological polar surface area (TPSA) is 105 Å². The molecule has 0 unspecified atom stereocenters. The predicted molar refractivity (Wildman–Crippen MR) is 117 cm³/mol. The molecule has 3 aromatic carbocycles. The van der Waals surface area contributed by atoms with Crippen molar-refractivity contribution in [3.63, 3.8) is 0 Å². The molecule has 3 aromatic rings. The molecule has 0 N–H and O–H groups in total. The van der Waals surface area contributed by atoms with E-state index in [1.54, 1.807) is 48.5 Å². The summed E-state index contributed by atoms with van der Waals surface area (Å²) in [5.74, 6) is 0.152. The first-order chi connectivity index (χ1) is 15.4. The smallest absolute Gasteiger partial charge is 0.343 e. The minimum atomic E-state index is -0.730. The van der Waals surface area contributed by atoms with E-state index in [0.29, 0.717) is 22.6 Å². The van der Waals surface area contributed by atoms with Gasteiger partial charge in [-0.15, -0.1) is 0 Å². The number of nitro groups is 1. The van der Waals surface area contributed by atoms with Gasteiger partial charge < -0.3 is 14.2 Å². The van der Waals surface area contributed by atoms with Gasteiger partial charge in [0.1, 0.15) is 17.2 Å². The summed E-state index contributed by atoms with van der Waals surface area (Å²) in [5.41, 5.74) is 0.809. The van der Waals surface area contributed by atoms with Gasteiger partial charge in [0.2, 0.25) is 0 Å². The summed E-state index contributed by atoms with van der Waals surface area (Å²) in [6.45, 7) is 0. The molecule has 8 nitrogen and oxygen atoms in total. The number of rotatable bonds is 8. The Kier molecular flexibility index (Phi) is 6.97. The lowest BCUT2D eigenvalue weighted by atomic mass is 10.1. The fourth-order valence-corrected chi connectivity index (χ4v) is 2.86. The van der Waals surface area contributed by atoms with Gasteiger partial charge >= 0.3 is 5.97 Å². The number of carbonyl (C=O) groups excluding carboxylic acids is 2. The van der Waals surface area contributed by atoms with E-state index in [1.165, 1.54) is 38.5 Å². The fourth-order valence-electron chi connectivity index (χ4n) is 2.86. The van der Waals surface area contributed by atoms with Crippen LogP contribution in [0.25, 0.3) is 6.08 Å². The average molecular weight is 433 g/mol. The molecular formula is C24H19NO7. The van der Waals surface area contributed by atoms with Gasteiger partial charge in [0.25, 0.3) is 5.69 Å². The predicted octanol–water partition coefficient (Wildman–Crippen LogP) is 4.73. The van der Waals surface area contributed by atoms with Crippen LogP contribution in [0.5, 0.6) is 17.2 Å². The Morgan fingerprint density at radius 2 is 1.69 bits per heavy atom. The Morgan fingerprint density at radius 1 is 0.906 bits per heavy atom. The molecule has 0 aliphatic rings. The number of allylic oxidation sites excluding steroid dienone is 1. The van der Waals surface area contributed by atoms with E-state index >= 15 is 0 Å². The molecule has 0 radical (unpaired) electrons. The van der Waals surface area contributed by atoms with E-state index in [4.69, 9.17) is 14.2 Å². The number of carbonyl (C=O) groups is 2. The van der Waals surface area contributed by atoms with Crippen molar-refractivity contribution >= 4 is 23.5 Å². The van der Waals surface area contributed by atoms with Gasteiger partial charge in [0.05, 0.1) is 30.3 Å². The van der Waals surface area contributed by atoms with Crippen LogP contribution in [0.1, 0.15) is 26.3 Å². The van der Waals surface area contributed by atoms with Crippen LogP contribution in [-0.2, 0) is 0 Å². The average Bonchev–Trinajstić information content (AvgIpc) is 2.82. The summed E-state index contributed by atoms with van der Waals surface area (Å²) in [4.78, 5) is 35.3. The van der Waals surface area contributed by atoms with Crippen LogP contribution >= 0.6 is 0 Å². The second-order valence-corrected chi connectivity index (χ2v) is 6.53. The number of nitro benzene ring substituents is 1. The standard InChI is InChI=1S/C24H19NO7/c1-30-19-10-12-23(31-2)21(15-19)22(26)11-9-16-5-3-8-20(13-16)32-24(27)17-6-4-7-18(14-17)25(28)29/h3-15H,1-2H3/b11-9+. The summed E-state index contributed by atoms with van der Waals surface area (Å²) >= 11 is 0. The zero-order valence-electron chi connectivity index (χ0n) is 17.3. The quantitative estimate of drug-likeness (QED) is 0.126.